The molecule has 0 rings (SSSR count). The number of methoxy groups -OCH3 is 1. The average molecular weight is 206 g/mol. The molecule has 1 amide bonds. The molecular formula is C8H18N2O2S. The summed E-state index contributed by atoms with van der Waals surface area (Å²) in [4.78, 5) is 11.2. The molecule has 4 nitrogen and oxygen atoms in total. The van der Waals surface area contributed by atoms with Crippen LogP contribution in [0.15, 0.2) is 0 Å². The van der Waals surface area contributed by atoms with E-state index in [-0.39, 0.29) is 17.1 Å². The SMILES string of the molecule is COCCSC(C(=O)NN)C(C)C. The number of carbonyl (C=O) groups is 1. The number of rotatable bonds is 6. The molecule has 0 aliphatic rings. The average Bonchev–Trinajstić information content (AvgIpc) is 2.11. The molecule has 0 bridgehead atoms. The van der Waals surface area contributed by atoms with Crippen LogP contribution in [-0.2, 0) is 9.53 Å². The highest BCUT2D eigenvalue weighted by Crippen LogP contribution is 2.19. The quantitative estimate of drug-likeness (QED) is 0.285. The van der Waals surface area contributed by atoms with Crippen molar-refractivity contribution >= 4 is 17.7 Å². The number of ether oxygens (including phenoxy) is 1. The Kier molecular flexibility index (Phi) is 7.03. The van der Waals surface area contributed by atoms with Crippen LogP contribution in [-0.4, -0.2) is 30.6 Å². The van der Waals surface area contributed by atoms with E-state index >= 15 is 0 Å². The van der Waals surface area contributed by atoms with Crippen LogP contribution in [0.4, 0.5) is 0 Å². The number of hydrogen-bond acceptors (Lipinski definition) is 4. The molecule has 78 valence electrons. The molecule has 0 aromatic heterocycles. The highest BCUT2D eigenvalue weighted by atomic mass is 32.2. The largest absolute Gasteiger partial charge is 0.384 e. The second-order valence-electron chi connectivity index (χ2n) is 3.04. The first-order chi connectivity index (χ1) is 6.13. The highest BCUT2D eigenvalue weighted by Gasteiger charge is 2.21. The smallest absolute Gasteiger partial charge is 0.247 e. The van der Waals surface area contributed by atoms with Gasteiger partial charge in [0.05, 0.1) is 11.9 Å². The summed E-state index contributed by atoms with van der Waals surface area (Å²) in [5.74, 6) is 6.05. The molecule has 0 saturated carbocycles. The number of hydrazine groups is 1. The molecule has 0 spiro atoms. The van der Waals surface area contributed by atoms with Crippen LogP contribution < -0.4 is 11.3 Å². The minimum absolute atomic E-state index is 0.0832. The Labute approximate surface area is 83.6 Å². The first-order valence-corrected chi connectivity index (χ1v) is 5.29. The van der Waals surface area contributed by atoms with Gasteiger partial charge in [-0.2, -0.15) is 0 Å². The summed E-state index contributed by atoms with van der Waals surface area (Å²) in [6.45, 7) is 4.66. The van der Waals surface area contributed by atoms with Gasteiger partial charge in [0.1, 0.15) is 0 Å². The predicted molar refractivity (Wildman–Crippen MR) is 55.3 cm³/mol. The molecular weight excluding hydrogens is 188 g/mol. The van der Waals surface area contributed by atoms with Crippen molar-refractivity contribution in [3.63, 3.8) is 0 Å². The van der Waals surface area contributed by atoms with E-state index in [0.717, 1.165) is 5.75 Å². The lowest BCUT2D eigenvalue weighted by Gasteiger charge is -2.17. The van der Waals surface area contributed by atoms with Gasteiger partial charge in [-0.3, -0.25) is 10.2 Å². The van der Waals surface area contributed by atoms with E-state index in [0.29, 0.717) is 6.61 Å². The lowest BCUT2D eigenvalue weighted by Crippen LogP contribution is -2.40. The summed E-state index contributed by atoms with van der Waals surface area (Å²) in [6, 6.07) is 0. The highest BCUT2D eigenvalue weighted by molar-refractivity contribution is 8.00. The van der Waals surface area contributed by atoms with Gasteiger partial charge in [0.25, 0.3) is 0 Å². The Morgan fingerprint density at radius 1 is 1.62 bits per heavy atom. The molecule has 13 heavy (non-hydrogen) atoms. The molecule has 0 heterocycles. The number of amides is 1. The molecule has 0 fully saturated rings. The fraction of sp³-hybridized carbons (Fsp3) is 0.875. The normalized spacial score (nSPS) is 13.0. The summed E-state index contributed by atoms with van der Waals surface area (Å²) in [6.07, 6.45) is 0. The molecule has 0 saturated heterocycles. The first-order valence-electron chi connectivity index (χ1n) is 4.24. The zero-order valence-electron chi connectivity index (χ0n) is 8.37. The molecule has 0 aromatic rings. The van der Waals surface area contributed by atoms with Crippen LogP contribution in [0.5, 0.6) is 0 Å². The maximum atomic E-state index is 11.2. The summed E-state index contributed by atoms with van der Waals surface area (Å²) >= 11 is 1.57. The molecule has 0 radical (unpaired) electrons. The third-order valence-electron chi connectivity index (χ3n) is 1.59. The fourth-order valence-corrected chi connectivity index (χ4v) is 2.03. The van der Waals surface area contributed by atoms with Crippen molar-refractivity contribution in [2.24, 2.45) is 11.8 Å². The van der Waals surface area contributed by atoms with E-state index in [1.54, 1.807) is 18.9 Å². The Morgan fingerprint density at radius 2 is 2.23 bits per heavy atom. The Bertz CT molecular complexity index is 153. The van der Waals surface area contributed by atoms with E-state index < -0.39 is 0 Å². The van der Waals surface area contributed by atoms with Crippen molar-refractivity contribution in [2.75, 3.05) is 19.5 Å². The number of thioether (sulfide) groups is 1. The Morgan fingerprint density at radius 3 is 2.62 bits per heavy atom. The van der Waals surface area contributed by atoms with Gasteiger partial charge in [-0.1, -0.05) is 13.8 Å². The second-order valence-corrected chi connectivity index (χ2v) is 4.29. The van der Waals surface area contributed by atoms with Gasteiger partial charge in [0.15, 0.2) is 0 Å². The first kappa shape index (κ1) is 12.7. The summed E-state index contributed by atoms with van der Waals surface area (Å²) in [5, 5.41) is -0.0832. The van der Waals surface area contributed by atoms with Gasteiger partial charge in [-0.15, -0.1) is 11.8 Å². The number of nitrogens with one attached hydrogen (secondary N) is 1. The fourth-order valence-electron chi connectivity index (χ4n) is 0.911. The lowest BCUT2D eigenvalue weighted by atomic mass is 10.1. The van der Waals surface area contributed by atoms with Crippen molar-refractivity contribution in [3.05, 3.63) is 0 Å². The van der Waals surface area contributed by atoms with Gasteiger partial charge in [-0.25, -0.2) is 5.84 Å². The summed E-state index contributed by atoms with van der Waals surface area (Å²) in [7, 11) is 1.65. The van der Waals surface area contributed by atoms with Crippen LogP contribution in [0.2, 0.25) is 0 Å². The Balaban J connectivity index is 3.88. The topological polar surface area (TPSA) is 64.3 Å². The number of nitrogens with two attached hydrogens (primary N) is 1. The van der Waals surface area contributed by atoms with Crippen molar-refractivity contribution in [3.8, 4) is 0 Å². The molecule has 0 aliphatic heterocycles. The van der Waals surface area contributed by atoms with Crippen LogP contribution in [0.25, 0.3) is 0 Å². The predicted octanol–water partition coefficient (Wildman–Crippen LogP) is 0.380. The van der Waals surface area contributed by atoms with Crippen LogP contribution >= 0.6 is 11.8 Å². The molecule has 1 atom stereocenters. The van der Waals surface area contributed by atoms with Gasteiger partial charge in [0, 0.05) is 12.9 Å². The molecule has 1 unspecified atom stereocenters. The van der Waals surface area contributed by atoms with Crippen LogP contribution in [0, 0.1) is 5.92 Å². The third kappa shape index (κ3) is 5.13. The van der Waals surface area contributed by atoms with E-state index in [1.165, 1.54) is 0 Å². The zero-order valence-corrected chi connectivity index (χ0v) is 9.19. The molecule has 0 aromatic carbocycles. The monoisotopic (exact) mass is 206 g/mol. The van der Waals surface area contributed by atoms with Crippen LogP contribution in [0.1, 0.15) is 13.8 Å². The lowest BCUT2D eigenvalue weighted by molar-refractivity contribution is -0.121. The van der Waals surface area contributed by atoms with Gasteiger partial charge in [-0.05, 0) is 5.92 Å². The Hall–Kier alpha value is -0.260. The van der Waals surface area contributed by atoms with E-state index in [1.807, 2.05) is 13.8 Å². The minimum atomic E-state index is -0.115. The maximum Gasteiger partial charge on any atom is 0.247 e. The van der Waals surface area contributed by atoms with Gasteiger partial charge < -0.3 is 4.74 Å². The van der Waals surface area contributed by atoms with E-state index in [9.17, 15) is 4.79 Å². The van der Waals surface area contributed by atoms with Crippen LogP contribution in [0.3, 0.4) is 0 Å². The van der Waals surface area contributed by atoms with Crippen molar-refractivity contribution < 1.29 is 9.53 Å². The number of hydrogen-bond donors (Lipinski definition) is 2. The molecule has 0 aliphatic carbocycles. The van der Waals surface area contributed by atoms with Crippen molar-refractivity contribution in [1.82, 2.24) is 5.43 Å². The molecule has 3 N–H and O–H groups in total. The van der Waals surface area contributed by atoms with Crippen molar-refractivity contribution in [2.45, 2.75) is 19.1 Å². The van der Waals surface area contributed by atoms with Crippen molar-refractivity contribution in [1.29, 1.82) is 0 Å². The van der Waals surface area contributed by atoms with Gasteiger partial charge >= 0.3 is 0 Å². The summed E-state index contributed by atoms with van der Waals surface area (Å²) in [5.41, 5.74) is 2.17. The van der Waals surface area contributed by atoms with E-state index in [2.05, 4.69) is 5.43 Å². The standard InChI is InChI=1S/C8H18N2O2S/c1-6(2)7(8(11)10-9)13-5-4-12-3/h6-7H,4-5,9H2,1-3H3,(H,10,11). The summed E-state index contributed by atoms with van der Waals surface area (Å²) < 4.78 is 4.90. The number of carbonyl (C=O) groups excluding carboxylic acids is 1. The zero-order chi connectivity index (χ0) is 10.3. The third-order valence-corrected chi connectivity index (χ3v) is 3.11. The minimum Gasteiger partial charge on any atom is -0.384 e. The second kappa shape index (κ2) is 7.17. The van der Waals surface area contributed by atoms with E-state index in [4.69, 9.17) is 10.6 Å². The maximum absolute atomic E-state index is 11.2. The van der Waals surface area contributed by atoms with Gasteiger partial charge in [0.2, 0.25) is 5.91 Å². The molecule has 5 heteroatoms.